The highest BCUT2D eigenvalue weighted by molar-refractivity contribution is 5.89. The number of hydrogen-bond acceptors (Lipinski definition) is 7. The molecule has 0 radical (unpaired) electrons. The Balaban J connectivity index is 1.44. The van der Waals surface area contributed by atoms with E-state index in [-0.39, 0.29) is 11.4 Å². The molecule has 3 rings (SSSR count). The quantitative estimate of drug-likeness (QED) is 0.317. The van der Waals surface area contributed by atoms with Crippen LogP contribution >= 0.6 is 0 Å². The fourth-order valence-electron chi connectivity index (χ4n) is 2.74. The molecule has 1 N–H and O–H groups in total. The summed E-state index contributed by atoms with van der Waals surface area (Å²) in [6, 6.07) is 16.2. The van der Waals surface area contributed by atoms with Crippen LogP contribution in [-0.2, 0) is 16.0 Å². The fraction of sp³-hybridized carbons (Fsp3) is 0.182. The minimum Gasteiger partial charge on any atom is -0.497 e. The van der Waals surface area contributed by atoms with E-state index in [1.54, 1.807) is 13.2 Å². The molecule has 0 bridgehead atoms. The number of carbonyl (C=O) groups excluding carboxylic acids is 2. The molecule has 1 amide bonds. The van der Waals surface area contributed by atoms with Gasteiger partial charge in [-0.2, -0.15) is 0 Å². The first kappa shape index (κ1) is 21.6. The van der Waals surface area contributed by atoms with Crippen molar-refractivity contribution in [2.45, 2.75) is 6.42 Å². The summed E-state index contributed by atoms with van der Waals surface area (Å²) in [5, 5.41) is 13.4. The molecule has 0 atom stereocenters. The van der Waals surface area contributed by atoms with Gasteiger partial charge in [-0.05, 0) is 48.4 Å². The molecule has 0 aliphatic carbocycles. The summed E-state index contributed by atoms with van der Waals surface area (Å²) in [7, 11) is 1.59. The molecule has 0 saturated heterocycles. The van der Waals surface area contributed by atoms with Crippen molar-refractivity contribution >= 4 is 17.6 Å². The molecule has 0 fully saturated rings. The van der Waals surface area contributed by atoms with Crippen molar-refractivity contribution in [1.82, 2.24) is 5.32 Å². The van der Waals surface area contributed by atoms with Gasteiger partial charge in [0.05, 0.1) is 12.0 Å². The van der Waals surface area contributed by atoms with Gasteiger partial charge in [0.1, 0.15) is 11.5 Å². The molecule has 3 aromatic rings. The zero-order valence-electron chi connectivity index (χ0n) is 16.7. The number of ether oxygens (including phenoxy) is 2. The molecule has 31 heavy (non-hydrogen) atoms. The van der Waals surface area contributed by atoms with Gasteiger partial charge in [0, 0.05) is 24.2 Å². The second kappa shape index (κ2) is 10.1. The maximum atomic E-state index is 12.1. The molecule has 0 spiro atoms. The average molecular weight is 424 g/mol. The molecule has 0 unspecified atom stereocenters. The van der Waals surface area contributed by atoms with Crippen molar-refractivity contribution in [2.75, 3.05) is 20.3 Å². The SMILES string of the molecule is COc1ccc(CCNC(=O)COC(=O)c2ccc(-c3ccc([N+](=O)[O-])cc3)o2)cc1. The summed E-state index contributed by atoms with van der Waals surface area (Å²) in [4.78, 5) is 34.2. The van der Waals surface area contributed by atoms with Crippen molar-refractivity contribution in [3.8, 4) is 17.1 Å². The van der Waals surface area contributed by atoms with Crippen LogP contribution in [0.4, 0.5) is 5.69 Å². The van der Waals surface area contributed by atoms with E-state index in [0.717, 1.165) is 11.3 Å². The first-order chi connectivity index (χ1) is 15.0. The van der Waals surface area contributed by atoms with Gasteiger partial charge >= 0.3 is 5.97 Å². The first-order valence-electron chi connectivity index (χ1n) is 9.37. The molecular formula is C22H20N2O7. The Morgan fingerprint density at radius 1 is 1.03 bits per heavy atom. The van der Waals surface area contributed by atoms with Crippen LogP contribution in [0.25, 0.3) is 11.3 Å². The Morgan fingerprint density at radius 2 is 1.74 bits per heavy atom. The summed E-state index contributed by atoms with van der Waals surface area (Å²) in [5.74, 6) is -0.165. The van der Waals surface area contributed by atoms with Crippen molar-refractivity contribution in [3.05, 3.63) is 82.1 Å². The highest BCUT2D eigenvalue weighted by atomic mass is 16.6. The molecule has 0 aliphatic heterocycles. The van der Waals surface area contributed by atoms with E-state index in [1.165, 1.54) is 30.3 Å². The highest BCUT2D eigenvalue weighted by Crippen LogP contribution is 2.24. The van der Waals surface area contributed by atoms with Crippen molar-refractivity contribution < 1.29 is 28.4 Å². The van der Waals surface area contributed by atoms with Gasteiger partial charge in [-0.1, -0.05) is 12.1 Å². The van der Waals surface area contributed by atoms with Gasteiger partial charge in [-0.25, -0.2) is 4.79 Å². The predicted molar refractivity (Wildman–Crippen MR) is 111 cm³/mol. The van der Waals surface area contributed by atoms with E-state index in [9.17, 15) is 19.7 Å². The summed E-state index contributed by atoms with van der Waals surface area (Å²) >= 11 is 0. The number of esters is 1. The van der Waals surface area contributed by atoms with Gasteiger partial charge in [-0.15, -0.1) is 0 Å². The Hall–Kier alpha value is -4.14. The molecule has 9 nitrogen and oxygen atoms in total. The average Bonchev–Trinajstić information content (AvgIpc) is 3.28. The van der Waals surface area contributed by atoms with Crippen LogP contribution in [0.3, 0.4) is 0 Å². The topological polar surface area (TPSA) is 121 Å². The standard InChI is InChI=1S/C22H20N2O7/c1-29-18-8-2-15(3-9-18)12-13-23-21(25)14-30-22(26)20-11-10-19(31-20)16-4-6-17(7-5-16)24(27)28/h2-11H,12-14H2,1H3,(H,23,25). The third kappa shape index (κ3) is 5.92. The van der Waals surface area contributed by atoms with Crippen LogP contribution in [-0.4, -0.2) is 37.1 Å². The minimum absolute atomic E-state index is 0.0482. The highest BCUT2D eigenvalue weighted by Gasteiger charge is 2.16. The summed E-state index contributed by atoms with van der Waals surface area (Å²) in [6.45, 7) is -0.0389. The molecule has 160 valence electrons. The predicted octanol–water partition coefficient (Wildman–Crippen LogP) is 3.38. The van der Waals surface area contributed by atoms with Crippen molar-refractivity contribution in [1.29, 1.82) is 0 Å². The Kier molecular flexibility index (Phi) is 7.00. The number of furan rings is 1. The normalized spacial score (nSPS) is 10.4. The lowest BCUT2D eigenvalue weighted by Gasteiger charge is -2.06. The zero-order chi connectivity index (χ0) is 22.2. The number of amides is 1. The minimum atomic E-state index is -0.779. The summed E-state index contributed by atoms with van der Waals surface area (Å²) < 4.78 is 15.5. The van der Waals surface area contributed by atoms with Crippen LogP contribution in [0.5, 0.6) is 5.75 Å². The number of nitro groups is 1. The smallest absolute Gasteiger partial charge is 0.374 e. The number of carbonyl (C=O) groups is 2. The van der Waals surface area contributed by atoms with Gasteiger partial charge in [0.25, 0.3) is 11.6 Å². The third-order valence-electron chi connectivity index (χ3n) is 4.40. The maximum Gasteiger partial charge on any atom is 0.374 e. The fourth-order valence-corrected chi connectivity index (χ4v) is 2.74. The van der Waals surface area contributed by atoms with Crippen LogP contribution in [0, 0.1) is 10.1 Å². The Bertz CT molecular complexity index is 1060. The van der Waals surface area contributed by atoms with Gasteiger partial charge < -0.3 is 19.2 Å². The number of non-ortho nitro benzene ring substituents is 1. The zero-order valence-corrected chi connectivity index (χ0v) is 16.7. The Labute approximate surface area is 177 Å². The molecule has 1 aromatic heterocycles. The monoisotopic (exact) mass is 424 g/mol. The van der Waals surface area contributed by atoms with E-state index < -0.39 is 23.4 Å². The van der Waals surface area contributed by atoms with Gasteiger partial charge in [0.2, 0.25) is 5.76 Å². The lowest BCUT2D eigenvalue weighted by Crippen LogP contribution is -2.30. The number of rotatable bonds is 9. The number of nitro benzene ring substituents is 1. The van der Waals surface area contributed by atoms with Gasteiger partial charge in [0.15, 0.2) is 6.61 Å². The molecular weight excluding hydrogens is 404 g/mol. The van der Waals surface area contributed by atoms with Gasteiger partial charge in [-0.3, -0.25) is 14.9 Å². The van der Waals surface area contributed by atoms with E-state index in [0.29, 0.717) is 24.3 Å². The first-order valence-corrected chi connectivity index (χ1v) is 9.37. The summed E-state index contributed by atoms with van der Waals surface area (Å²) in [5.41, 5.74) is 1.56. The molecule has 0 saturated carbocycles. The maximum absolute atomic E-state index is 12.1. The van der Waals surface area contributed by atoms with Crippen LogP contribution < -0.4 is 10.1 Å². The largest absolute Gasteiger partial charge is 0.497 e. The number of benzene rings is 2. The second-order valence-corrected chi connectivity index (χ2v) is 6.49. The second-order valence-electron chi connectivity index (χ2n) is 6.49. The Morgan fingerprint density at radius 3 is 2.39 bits per heavy atom. The number of nitrogens with one attached hydrogen (secondary N) is 1. The van der Waals surface area contributed by atoms with E-state index in [1.807, 2.05) is 24.3 Å². The summed E-state index contributed by atoms with van der Waals surface area (Å²) in [6.07, 6.45) is 0.625. The molecule has 0 aliphatic rings. The van der Waals surface area contributed by atoms with E-state index in [4.69, 9.17) is 13.9 Å². The molecule has 1 heterocycles. The van der Waals surface area contributed by atoms with Crippen LogP contribution in [0.1, 0.15) is 16.1 Å². The van der Waals surface area contributed by atoms with Crippen LogP contribution in [0.15, 0.2) is 65.1 Å². The van der Waals surface area contributed by atoms with Crippen LogP contribution in [0.2, 0.25) is 0 Å². The number of nitrogens with zero attached hydrogens (tertiary/aromatic N) is 1. The van der Waals surface area contributed by atoms with E-state index >= 15 is 0 Å². The lowest BCUT2D eigenvalue weighted by atomic mass is 10.1. The number of hydrogen-bond donors (Lipinski definition) is 1. The lowest BCUT2D eigenvalue weighted by molar-refractivity contribution is -0.384. The number of methoxy groups -OCH3 is 1. The molecule has 2 aromatic carbocycles. The van der Waals surface area contributed by atoms with E-state index in [2.05, 4.69) is 5.32 Å². The third-order valence-corrected chi connectivity index (χ3v) is 4.40. The van der Waals surface area contributed by atoms with Crippen molar-refractivity contribution in [3.63, 3.8) is 0 Å². The molecule has 9 heteroatoms. The van der Waals surface area contributed by atoms with Crippen molar-refractivity contribution in [2.24, 2.45) is 0 Å².